The van der Waals surface area contributed by atoms with E-state index in [2.05, 4.69) is 23.5 Å². The lowest BCUT2D eigenvalue weighted by atomic mass is 10.0. The van der Waals surface area contributed by atoms with Gasteiger partial charge in [-0.25, -0.2) is 0 Å². The maximum atomic E-state index is 11.5. The van der Waals surface area contributed by atoms with Gasteiger partial charge in [0.15, 0.2) is 0 Å². The van der Waals surface area contributed by atoms with Crippen LogP contribution in [0.25, 0.3) is 0 Å². The summed E-state index contributed by atoms with van der Waals surface area (Å²) in [5.41, 5.74) is 2.60. The molecule has 1 aliphatic heterocycles. The molecule has 1 N–H and O–H groups in total. The average molecular weight is 245 g/mol. The molecule has 1 aliphatic carbocycles. The van der Waals surface area contributed by atoms with E-state index in [-0.39, 0.29) is 5.91 Å². The minimum absolute atomic E-state index is 0.233. The molecule has 1 fully saturated rings. The van der Waals surface area contributed by atoms with Crippen molar-refractivity contribution in [3.63, 3.8) is 0 Å². The van der Waals surface area contributed by atoms with Crippen molar-refractivity contribution in [2.45, 2.75) is 32.1 Å². The molecule has 1 aromatic rings. The standard InChI is InChI=1S/C15H19NO2/c17-15(12-4-5-12)16-8-7-11-3-6-14-13(10-11)2-1-9-18-14/h3,6,10,12H,1-2,4-5,7-9H2,(H,16,17). The molecule has 1 aromatic carbocycles. The third-order valence-corrected chi connectivity index (χ3v) is 3.63. The van der Waals surface area contributed by atoms with Crippen molar-refractivity contribution >= 4 is 5.91 Å². The van der Waals surface area contributed by atoms with E-state index < -0.39 is 0 Å². The highest BCUT2D eigenvalue weighted by molar-refractivity contribution is 5.80. The molecule has 96 valence electrons. The predicted molar refractivity (Wildman–Crippen MR) is 69.7 cm³/mol. The lowest BCUT2D eigenvalue weighted by Gasteiger charge is -2.17. The van der Waals surface area contributed by atoms with E-state index >= 15 is 0 Å². The second kappa shape index (κ2) is 5.01. The van der Waals surface area contributed by atoms with Crippen LogP contribution >= 0.6 is 0 Å². The Balaban J connectivity index is 1.54. The SMILES string of the molecule is O=C(NCCc1ccc2c(c1)CCCO2)C1CC1. The van der Waals surface area contributed by atoms with Gasteiger partial charge in [0.05, 0.1) is 6.61 Å². The predicted octanol–water partition coefficient (Wildman–Crippen LogP) is 2.08. The first kappa shape index (κ1) is 11.6. The number of carbonyl (C=O) groups is 1. The Morgan fingerprint density at radius 1 is 1.39 bits per heavy atom. The van der Waals surface area contributed by atoms with Crippen LogP contribution in [0.1, 0.15) is 30.4 Å². The molecule has 1 saturated carbocycles. The van der Waals surface area contributed by atoms with Crippen molar-refractivity contribution in [1.82, 2.24) is 5.32 Å². The van der Waals surface area contributed by atoms with E-state index in [0.29, 0.717) is 5.92 Å². The van der Waals surface area contributed by atoms with Gasteiger partial charge in [0.1, 0.15) is 5.75 Å². The number of hydrogen-bond donors (Lipinski definition) is 1. The quantitative estimate of drug-likeness (QED) is 0.882. The van der Waals surface area contributed by atoms with Crippen molar-refractivity contribution in [1.29, 1.82) is 0 Å². The minimum Gasteiger partial charge on any atom is -0.493 e. The van der Waals surface area contributed by atoms with Crippen LogP contribution in [0.3, 0.4) is 0 Å². The molecule has 3 rings (SSSR count). The maximum Gasteiger partial charge on any atom is 0.223 e. The Bertz CT molecular complexity index is 452. The number of hydrogen-bond acceptors (Lipinski definition) is 2. The summed E-state index contributed by atoms with van der Waals surface area (Å²) in [5.74, 6) is 1.57. The molecular weight excluding hydrogens is 226 g/mol. The van der Waals surface area contributed by atoms with Gasteiger partial charge in [0.2, 0.25) is 5.91 Å². The van der Waals surface area contributed by atoms with E-state index in [1.165, 1.54) is 11.1 Å². The first-order valence-corrected chi connectivity index (χ1v) is 6.85. The monoisotopic (exact) mass is 245 g/mol. The number of amides is 1. The van der Waals surface area contributed by atoms with E-state index in [9.17, 15) is 4.79 Å². The Labute approximate surface area is 108 Å². The Morgan fingerprint density at radius 2 is 2.28 bits per heavy atom. The molecule has 0 spiro atoms. The minimum atomic E-state index is 0.233. The van der Waals surface area contributed by atoms with Crippen LogP contribution in [0.2, 0.25) is 0 Å². The van der Waals surface area contributed by atoms with Gasteiger partial charge in [-0.15, -0.1) is 0 Å². The Hall–Kier alpha value is -1.51. The molecule has 0 aromatic heterocycles. The van der Waals surface area contributed by atoms with Gasteiger partial charge in [0.25, 0.3) is 0 Å². The number of rotatable bonds is 4. The van der Waals surface area contributed by atoms with Crippen molar-refractivity contribution in [3.05, 3.63) is 29.3 Å². The fourth-order valence-corrected chi connectivity index (χ4v) is 2.39. The molecule has 0 bridgehead atoms. The first-order chi connectivity index (χ1) is 8.83. The fraction of sp³-hybridized carbons (Fsp3) is 0.533. The van der Waals surface area contributed by atoms with Gasteiger partial charge in [-0.1, -0.05) is 12.1 Å². The molecule has 0 radical (unpaired) electrons. The van der Waals surface area contributed by atoms with Gasteiger partial charge in [0, 0.05) is 12.5 Å². The van der Waals surface area contributed by atoms with Crippen molar-refractivity contribution in [3.8, 4) is 5.75 Å². The fourth-order valence-electron chi connectivity index (χ4n) is 2.39. The zero-order chi connectivity index (χ0) is 12.4. The van der Waals surface area contributed by atoms with Crippen molar-refractivity contribution in [2.24, 2.45) is 5.92 Å². The largest absolute Gasteiger partial charge is 0.493 e. The smallest absolute Gasteiger partial charge is 0.223 e. The second-order valence-electron chi connectivity index (χ2n) is 5.21. The van der Waals surface area contributed by atoms with Gasteiger partial charge in [-0.2, -0.15) is 0 Å². The van der Waals surface area contributed by atoms with Crippen LogP contribution in [0.4, 0.5) is 0 Å². The normalized spacial score (nSPS) is 17.8. The van der Waals surface area contributed by atoms with E-state index in [1.807, 2.05) is 0 Å². The highest BCUT2D eigenvalue weighted by Gasteiger charge is 2.28. The van der Waals surface area contributed by atoms with E-state index in [4.69, 9.17) is 4.74 Å². The molecule has 1 heterocycles. The molecule has 0 saturated heterocycles. The summed E-state index contributed by atoms with van der Waals surface area (Å²) < 4.78 is 5.59. The van der Waals surface area contributed by atoms with Crippen LogP contribution in [-0.2, 0) is 17.6 Å². The maximum absolute atomic E-state index is 11.5. The summed E-state index contributed by atoms with van der Waals surface area (Å²) in [6.07, 6.45) is 5.27. The molecule has 2 aliphatic rings. The van der Waals surface area contributed by atoms with Gasteiger partial charge in [-0.3, -0.25) is 4.79 Å². The summed E-state index contributed by atoms with van der Waals surface area (Å²) >= 11 is 0. The van der Waals surface area contributed by atoms with Crippen LogP contribution in [0.15, 0.2) is 18.2 Å². The lowest BCUT2D eigenvalue weighted by molar-refractivity contribution is -0.122. The third kappa shape index (κ3) is 2.66. The van der Waals surface area contributed by atoms with Crippen LogP contribution in [0, 0.1) is 5.92 Å². The summed E-state index contributed by atoms with van der Waals surface area (Å²) in [7, 11) is 0. The third-order valence-electron chi connectivity index (χ3n) is 3.63. The van der Waals surface area contributed by atoms with E-state index in [0.717, 1.165) is 51.0 Å². The second-order valence-corrected chi connectivity index (χ2v) is 5.21. The van der Waals surface area contributed by atoms with Gasteiger partial charge < -0.3 is 10.1 Å². The lowest BCUT2D eigenvalue weighted by Crippen LogP contribution is -2.26. The molecule has 3 heteroatoms. The first-order valence-electron chi connectivity index (χ1n) is 6.85. The van der Waals surface area contributed by atoms with Crippen LogP contribution < -0.4 is 10.1 Å². The van der Waals surface area contributed by atoms with Crippen LogP contribution in [0.5, 0.6) is 5.75 Å². The highest BCUT2D eigenvalue weighted by Crippen LogP contribution is 2.28. The number of benzene rings is 1. The molecule has 3 nitrogen and oxygen atoms in total. The zero-order valence-corrected chi connectivity index (χ0v) is 10.6. The van der Waals surface area contributed by atoms with Gasteiger partial charge >= 0.3 is 0 Å². The van der Waals surface area contributed by atoms with Gasteiger partial charge in [-0.05, 0) is 49.3 Å². The Kier molecular flexibility index (Phi) is 3.22. The number of nitrogens with one attached hydrogen (secondary N) is 1. The number of ether oxygens (including phenoxy) is 1. The summed E-state index contributed by atoms with van der Waals surface area (Å²) in [5, 5.41) is 3.00. The molecule has 0 atom stereocenters. The van der Waals surface area contributed by atoms with E-state index in [1.54, 1.807) is 0 Å². The summed E-state index contributed by atoms with van der Waals surface area (Å²) in [6.45, 7) is 1.58. The molecule has 18 heavy (non-hydrogen) atoms. The number of fused-ring (bicyclic) bond motifs is 1. The van der Waals surface area contributed by atoms with Crippen LogP contribution in [-0.4, -0.2) is 19.1 Å². The molecule has 1 amide bonds. The summed E-state index contributed by atoms with van der Waals surface area (Å²) in [4.78, 5) is 11.5. The Morgan fingerprint density at radius 3 is 3.11 bits per heavy atom. The topological polar surface area (TPSA) is 38.3 Å². The zero-order valence-electron chi connectivity index (χ0n) is 10.6. The highest BCUT2D eigenvalue weighted by atomic mass is 16.5. The average Bonchev–Trinajstić information content (AvgIpc) is 3.23. The summed E-state index contributed by atoms with van der Waals surface area (Å²) in [6, 6.07) is 6.39. The molecule has 0 unspecified atom stereocenters. The van der Waals surface area contributed by atoms with Crippen molar-refractivity contribution in [2.75, 3.05) is 13.2 Å². The van der Waals surface area contributed by atoms with Crippen molar-refractivity contribution < 1.29 is 9.53 Å². The number of aryl methyl sites for hydroxylation is 1. The number of carbonyl (C=O) groups excluding carboxylic acids is 1. The molecular formula is C15H19NO2.